The SMILES string of the molecule is CN(Cc1ccccc1Br)C(=O)C(N)c1ccccc1. The number of rotatable bonds is 4. The van der Waals surface area contributed by atoms with Crippen LogP contribution >= 0.6 is 15.9 Å². The normalized spacial score (nSPS) is 11.9. The summed E-state index contributed by atoms with van der Waals surface area (Å²) in [5, 5.41) is 0. The van der Waals surface area contributed by atoms with E-state index in [2.05, 4.69) is 15.9 Å². The fourth-order valence-electron chi connectivity index (χ4n) is 2.00. The van der Waals surface area contributed by atoms with Gasteiger partial charge in [0.1, 0.15) is 6.04 Å². The molecule has 0 saturated heterocycles. The molecule has 1 unspecified atom stereocenters. The summed E-state index contributed by atoms with van der Waals surface area (Å²) < 4.78 is 0.993. The highest BCUT2D eigenvalue weighted by molar-refractivity contribution is 9.10. The monoisotopic (exact) mass is 332 g/mol. The maximum atomic E-state index is 12.3. The summed E-state index contributed by atoms with van der Waals surface area (Å²) in [6.45, 7) is 0.529. The average molecular weight is 333 g/mol. The van der Waals surface area contributed by atoms with Gasteiger partial charge in [-0.15, -0.1) is 0 Å². The zero-order valence-corrected chi connectivity index (χ0v) is 12.9. The molecule has 2 aromatic rings. The second kappa shape index (κ2) is 6.68. The number of hydrogen-bond acceptors (Lipinski definition) is 2. The van der Waals surface area contributed by atoms with Crippen LogP contribution in [0.25, 0.3) is 0 Å². The van der Waals surface area contributed by atoms with E-state index in [4.69, 9.17) is 5.73 Å². The largest absolute Gasteiger partial charge is 0.340 e. The molecule has 20 heavy (non-hydrogen) atoms. The molecule has 0 aliphatic rings. The van der Waals surface area contributed by atoms with Crippen LogP contribution in [0.15, 0.2) is 59.1 Å². The van der Waals surface area contributed by atoms with E-state index in [-0.39, 0.29) is 5.91 Å². The second-order valence-electron chi connectivity index (χ2n) is 4.67. The third-order valence-electron chi connectivity index (χ3n) is 3.17. The highest BCUT2D eigenvalue weighted by Crippen LogP contribution is 2.19. The van der Waals surface area contributed by atoms with Gasteiger partial charge in [-0.25, -0.2) is 0 Å². The molecule has 104 valence electrons. The molecule has 0 bridgehead atoms. The van der Waals surface area contributed by atoms with E-state index >= 15 is 0 Å². The van der Waals surface area contributed by atoms with Gasteiger partial charge in [-0.2, -0.15) is 0 Å². The lowest BCUT2D eigenvalue weighted by Crippen LogP contribution is -2.35. The van der Waals surface area contributed by atoms with Gasteiger partial charge in [0, 0.05) is 18.1 Å². The predicted molar refractivity (Wildman–Crippen MR) is 84.0 cm³/mol. The highest BCUT2D eigenvalue weighted by Gasteiger charge is 2.20. The number of amides is 1. The van der Waals surface area contributed by atoms with Crippen LogP contribution in [-0.4, -0.2) is 17.9 Å². The molecule has 1 atom stereocenters. The summed E-state index contributed by atoms with van der Waals surface area (Å²) in [6.07, 6.45) is 0. The summed E-state index contributed by atoms with van der Waals surface area (Å²) in [4.78, 5) is 14.0. The maximum Gasteiger partial charge on any atom is 0.244 e. The molecule has 0 radical (unpaired) electrons. The zero-order valence-electron chi connectivity index (χ0n) is 11.3. The van der Waals surface area contributed by atoms with Crippen LogP contribution in [0, 0.1) is 0 Å². The molecule has 3 nitrogen and oxygen atoms in total. The molecule has 0 aliphatic carbocycles. The molecule has 2 aromatic carbocycles. The van der Waals surface area contributed by atoms with Crippen LogP contribution < -0.4 is 5.73 Å². The first-order valence-corrected chi connectivity index (χ1v) is 7.18. The number of carbonyl (C=O) groups excluding carboxylic acids is 1. The Hall–Kier alpha value is -1.65. The minimum absolute atomic E-state index is 0.0908. The third-order valence-corrected chi connectivity index (χ3v) is 3.94. The van der Waals surface area contributed by atoms with Gasteiger partial charge in [-0.1, -0.05) is 64.5 Å². The summed E-state index contributed by atoms with van der Waals surface area (Å²) in [5.41, 5.74) is 7.92. The quantitative estimate of drug-likeness (QED) is 0.935. The molecule has 2 N–H and O–H groups in total. The number of halogens is 1. The topological polar surface area (TPSA) is 46.3 Å². The molecular formula is C16H17BrN2O. The average Bonchev–Trinajstić information content (AvgIpc) is 2.49. The summed E-state index contributed by atoms with van der Waals surface area (Å²) in [6, 6.07) is 16.7. The minimum atomic E-state index is -0.622. The molecule has 0 fully saturated rings. The van der Waals surface area contributed by atoms with Crippen LogP contribution in [0.1, 0.15) is 17.2 Å². The smallest absolute Gasteiger partial charge is 0.244 e. The lowest BCUT2D eigenvalue weighted by molar-refractivity contribution is -0.132. The van der Waals surface area contributed by atoms with Crippen molar-refractivity contribution in [2.75, 3.05) is 7.05 Å². The van der Waals surface area contributed by atoms with E-state index in [0.29, 0.717) is 6.54 Å². The summed E-state index contributed by atoms with van der Waals surface area (Å²) in [5.74, 6) is -0.0908. The van der Waals surface area contributed by atoms with Gasteiger partial charge in [0.2, 0.25) is 5.91 Å². The van der Waals surface area contributed by atoms with Gasteiger partial charge >= 0.3 is 0 Å². The first-order valence-electron chi connectivity index (χ1n) is 6.38. The molecule has 4 heteroatoms. The molecule has 0 aromatic heterocycles. The Bertz CT molecular complexity index is 586. The number of benzene rings is 2. The molecule has 2 rings (SSSR count). The van der Waals surface area contributed by atoms with Crippen molar-refractivity contribution in [1.82, 2.24) is 4.90 Å². The van der Waals surface area contributed by atoms with E-state index in [0.717, 1.165) is 15.6 Å². The standard InChI is InChI=1S/C16H17BrN2O/c1-19(11-13-9-5-6-10-14(13)17)16(20)15(18)12-7-3-2-4-8-12/h2-10,15H,11,18H2,1H3. The van der Waals surface area contributed by atoms with Gasteiger partial charge in [0.05, 0.1) is 0 Å². The van der Waals surface area contributed by atoms with E-state index in [1.165, 1.54) is 0 Å². The van der Waals surface area contributed by atoms with Gasteiger partial charge in [-0.05, 0) is 17.2 Å². The van der Waals surface area contributed by atoms with Gasteiger partial charge in [0.15, 0.2) is 0 Å². The first kappa shape index (κ1) is 14.8. The Morgan fingerprint density at radius 2 is 1.75 bits per heavy atom. The first-order chi connectivity index (χ1) is 9.59. The molecule has 0 saturated carbocycles. The van der Waals surface area contributed by atoms with Crippen LogP contribution in [-0.2, 0) is 11.3 Å². The van der Waals surface area contributed by atoms with Crippen molar-refractivity contribution >= 4 is 21.8 Å². The van der Waals surface area contributed by atoms with Gasteiger partial charge in [0.25, 0.3) is 0 Å². The Balaban J connectivity index is 2.08. The Morgan fingerprint density at radius 3 is 2.40 bits per heavy atom. The molecular weight excluding hydrogens is 316 g/mol. The fourth-order valence-corrected chi connectivity index (χ4v) is 2.41. The fraction of sp³-hybridized carbons (Fsp3) is 0.188. The van der Waals surface area contributed by atoms with E-state index < -0.39 is 6.04 Å². The van der Waals surface area contributed by atoms with E-state index in [1.54, 1.807) is 11.9 Å². The van der Waals surface area contributed by atoms with Crippen molar-refractivity contribution in [1.29, 1.82) is 0 Å². The van der Waals surface area contributed by atoms with Gasteiger partial charge < -0.3 is 10.6 Å². The van der Waals surface area contributed by atoms with E-state index in [9.17, 15) is 4.79 Å². The maximum absolute atomic E-state index is 12.3. The van der Waals surface area contributed by atoms with Crippen molar-refractivity contribution in [3.63, 3.8) is 0 Å². The second-order valence-corrected chi connectivity index (χ2v) is 5.53. The van der Waals surface area contributed by atoms with Crippen molar-refractivity contribution in [2.45, 2.75) is 12.6 Å². The predicted octanol–water partition coefficient (Wildman–Crippen LogP) is 3.11. The molecule has 0 aliphatic heterocycles. The molecule has 1 amide bonds. The summed E-state index contributed by atoms with van der Waals surface area (Å²) >= 11 is 3.49. The summed E-state index contributed by atoms with van der Waals surface area (Å²) in [7, 11) is 1.77. The lowest BCUT2D eigenvalue weighted by atomic mass is 10.1. The Kier molecular flexibility index (Phi) is 4.93. The number of hydrogen-bond donors (Lipinski definition) is 1. The number of nitrogens with zero attached hydrogens (tertiary/aromatic N) is 1. The van der Waals surface area contributed by atoms with E-state index in [1.807, 2.05) is 54.6 Å². The Labute approximate surface area is 127 Å². The zero-order chi connectivity index (χ0) is 14.5. The Morgan fingerprint density at radius 1 is 1.15 bits per heavy atom. The third kappa shape index (κ3) is 3.46. The van der Waals surface area contributed by atoms with Crippen LogP contribution in [0.3, 0.4) is 0 Å². The number of nitrogens with two attached hydrogens (primary N) is 1. The van der Waals surface area contributed by atoms with Crippen molar-refractivity contribution in [2.24, 2.45) is 5.73 Å². The minimum Gasteiger partial charge on any atom is -0.340 e. The van der Waals surface area contributed by atoms with Gasteiger partial charge in [-0.3, -0.25) is 4.79 Å². The lowest BCUT2D eigenvalue weighted by Gasteiger charge is -2.22. The van der Waals surface area contributed by atoms with Crippen LogP contribution in [0.2, 0.25) is 0 Å². The van der Waals surface area contributed by atoms with Crippen LogP contribution in [0.4, 0.5) is 0 Å². The van der Waals surface area contributed by atoms with Crippen LogP contribution in [0.5, 0.6) is 0 Å². The number of carbonyl (C=O) groups is 1. The van der Waals surface area contributed by atoms with Crippen molar-refractivity contribution in [3.8, 4) is 0 Å². The highest BCUT2D eigenvalue weighted by atomic mass is 79.9. The molecule has 0 spiro atoms. The van der Waals surface area contributed by atoms with Crippen molar-refractivity contribution < 1.29 is 4.79 Å². The molecule has 0 heterocycles. The number of likely N-dealkylation sites (N-methyl/N-ethyl adjacent to an activating group) is 1. The van der Waals surface area contributed by atoms with Crippen molar-refractivity contribution in [3.05, 3.63) is 70.2 Å².